The first-order valence-electron chi connectivity index (χ1n) is 13.1. The Morgan fingerprint density at radius 3 is 2.18 bits per heavy atom. The van der Waals surface area contributed by atoms with Crippen molar-refractivity contribution in [1.29, 1.82) is 0 Å². The molecule has 9 heteroatoms. The van der Waals surface area contributed by atoms with Gasteiger partial charge in [-0.3, -0.25) is 13.9 Å². The van der Waals surface area contributed by atoms with Gasteiger partial charge in [0, 0.05) is 13.1 Å². The van der Waals surface area contributed by atoms with Crippen LogP contribution in [0.25, 0.3) is 0 Å². The molecule has 0 bridgehead atoms. The van der Waals surface area contributed by atoms with Gasteiger partial charge in [0.1, 0.15) is 18.3 Å². The lowest BCUT2D eigenvalue weighted by molar-refractivity contribution is -0.139. The molecule has 3 rings (SSSR count). The van der Waals surface area contributed by atoms with Gasteiger partial charge >= 0.3 is 0 Å². The number of nitrogens with zero attached hydrogens (tertiary/aromatic N) is 2. The average molecular weight is 552 g/mol. The van der Waals surface area contributed by atoms with Gasteiger partial charge in [-0.15, -0.1) is 0 Å². The Morgan fingerprint density at radius 2 is 1.59 bits per heavy atom. The maximum Gasteiger partial charge on any atom is 0.264 e. The van der Waals surface area contributed by atoms with Crippen LogP contribution in [0, 0.1) is 6.92 Å². The molecular weight excluding hydrogens is 514 g/mol. The van der Waals surface area contributed by atoms with Crippen molar-refractivity contribution in [2.75, 3.05) is 31.0 Å². The fourth-order valence-corrected chi connectivity index (χ4v) is 5.85. The number of aryl methyl sites for hydroxylation is 1. The van der Waals surface area contributed by atoms with Gasteiger partial charge in [-0.25, -0.2) is 8.42 Å². The predicted octanol–water partition coefficient (Wildman–Crippen LogP) is 4.18. The second-order valence-electron chi connectivity index (χ2n) is 9.14. The van der Waals surface area contributed by atoms with Gasteiger partial charge in [0.25, 0.3) is 10.0 Å². The number of hydrogen-bond acceptors (Lipinski definition) is 5. The molecule has 39 heavy (non-hydrogen) atoms. The standard InChI is InChI=1S/C30H37N3O5S/c1-5-26(30(35)31-6-2)32(20-19-24-13-9-7-10-14-24)29(34)22-33(27-21-23(3)17-18-28(27)38-4)39(36,37)25-15-11-8-12-16-25/h7-18,21,26H,5-6,19-20,22H2,1-4H3,(H,31,35). The number of sulfonamides is 1. The molecule has 2 amide bonds. The van der Waals surface area contributed by atoms with E-state index < -0.39 is 28.5 Å². The summed E-state index contributed by atoms with van der Waals surface area (Å²) in [6.45, 7) is 5.67. The van der Waals surface area contributed by atoms with Gasteiger partial charge in [-0.1, -0.05) is 61.5 Å². The minimum absolute atomic E-state index is 0.0490. The van der Waals surface area contributed by atoms with Gasteiger partial charge in [0.15, 0.2) is 0 Å². The fraction of sp³-hybridized carbons (Fsp3) is 0.333. The summed E-state index contributed by atoms with van der Waals surface area (Å²) in [5, 5.41) is 2.81. The van der Waals surface area contributed by atoms with E-state index in [4.69, 9.17) is 4.74 Å². The molecule has 1 unspecified atom stereocenters. The number of carbonyl (C=O) groups excluding carboxylic acids is 2. The van der Waals surface area contributed by atoms with Crippen molar-refractivity contribution < 1.29 is 22.7 Å². The number of rotatable bonds is 13. The van der Waals surface area contributed by atoms with Crippen LogP contribution in [0.5, 0.6) is 5.75 Å². The number of carbonyl (C=O) groups is 2. The number of ether oxygens (including phenoxy) is 1. The SMILES string of the molecule is CCNC(=O)C(CC)N(CCc1ccccc1)C(=O)CN(c1cc(C)ccc1OC)S(=O)(=O)c1ccccc1. The van der Waals surface area contributed by atoms with E-state index in [1.54, 1.807) is 30.3 Å². The van der Waals surface area contributed by atoms with E-state index >= 15 is 0 Å². The van der Waals surface area contributed by atoms with Crippen LogP contribution in [0.4, 0.5) is 5.69 Å². The monoisotopic (exact) mass is 551 g/mol. The van der Waals surface area contributed by atoms with E-state index in [1.165, 1.54) is 24.1 Å². The third-order valence-electron chi connectivity index (χ3n) is 6.43. The van der Waals surface area contributed by atoms with Crippen molar-refractivity contribution in [2.45, 2.75) is 44.6 Å². The van der Waals surface area contributed by atoms with Gasteiger partial charge in [0.2, 0.25) is 11.8 Å². The highest BCUT2D eigenvalue weighted by atomic mass is 32.2. The zero-order chi connectivity index (χ0) is 28.4. The quantitative estimate of drug-likeness (QED) is 0.344. The van der Waals surface area contributed by atoms with Crippen molar-refractivity contribution in [1.82, 2.24) is 10.2 Å². The Hall–Kier alpha value is -3.85. The summed E-state index contributed by atoms with van der Waals surface area (Å²) >= 11 is 0. The first-order chi connectivity index (χ1) is 18.7. The second-order valence-corrected chi connectivity index (χ2v) is 11.0. The van der Waals surface area contributed by atoms with Gasteiger partial charge in [-0.05, 0) is 62.1 Å². The number of nitrogens with one attached hydrogen (secondary N) is 1. The summed E-state index contributed by atoms with van der Waals surface area (Å²) in [5.41, 5.74) is 2.07. The molecule has 0 radical (unpaired) electrons. The number of amides is 2. The van der Waals surface area contributed by atoms with E-state index in [2.05, 4.69) is 5.32 Å². The van der Waals surface area contributed by atoms with E-state index in [1.807, 2.05) is 57.2 Å². The molecule has 0 spiro atoms. The van der Waals surface area contributed by atoms with E-state index in [-0.39, 0.29) is 23.0 Å². The summed E-state index contributed by atoms with van der Waals surface area (Å²) in [6.07, 6.45) is 0.896. The number of benzene rings is 3. The lowest BCUT2D eigenvalue weighted by Crippen LogP contribution is -2.53. The lowest BCUT2D eigenvalue weighted by Gasteiger charge is -2.33. The Bertz CT molecular complexity index is 1350. The van der Waals surface area contributed by atoms with Crippen LogP contribution in [0.15, 0.2) is 83.8 Å². The van der Waals surface area contributed by atoms with Gasteiger partial charge < -0.3 is 15.0 Å². The van der Waals surface area contributed by atoms with Crippen LogP contribution in [-0.4, -0.2) is 57.9 Å². The van der Waals surface area contributed by atoms with Gasteiger partial charge in [0.05, 0.1) is 17.7 Å². The van der Waals surface area contributed by atoms with Crippen LogP contribution < -0.4 is 14.4 Å². The number of hydrogen-bond donors (Lipinski definition) is 1. The summed E-state index contributed by atoms with van der Waals surface area (Å²) in [6, 6.07) is 22.1. The predicted molar refractivity (Wildman–Crippen MR) is 153 cm³/mol. The van der Waals surface area contributed by atoms with Crippen molar-refractivity contribution >= 4 is 27.5 Å². The second kappa shape index (κ2) is 13.8. The Kier molecular flexibility index (Phi) is 10.5. The van der Waals surface area contributed by atoms with Crippen molar-refractivity contribution in [3.05, 3.63) is 90.0 Å². The molecule has 208 valence electrons. The molecule has 0 saturated heterocycles. The van der Waals surface area contributed by atoms with Crippen LogP contribution >= 0.6 is 0 Å². The molecular formula is C30H37N3O5S. The number of likely N-dealkylation sites (N-methyl/N-ethyl adjacent to an activating group) is 1. The molecule has 3 aromatic rings. The summed E-state index contributed by atoms with van der Waals surface area (Å²) < 4.78 is 34.5. The zero-order valence-corrected chi connectivity index (χ0v) is 23.8. The lowest BCUT2D eigenvalue weighted by atomic mass is 10.1. The highest BCUT2D eigenvalue weighted by Crippen LogP contribution is 2.33. The van der Waals surface area contributed by atoms with Crippen LogP contribution in [-0.2, 0) is 26.0 Å². The normalized spacial score (nSPS) is 11.9. The third kappa shape index (κ3) is 7.38. The minimum Gasteiger partial charge on any atom is -0.495 e. The molecule has 0 fully saturated rings. The Balaban J connectivity index is 2.06. The van der Waals surface area contributed by atoms with Gasteiger partial charge in [-0.2, -0.15) is 0 Å². The number of anilines is 1. The third-order valence-corrected chi connectivity index (χ3v) is 8.21. The first kappa shape index (κ1) is 29.7. The fourth-order valence-electron chi connectivity index (χ4n) is 4.42. The Morgan fingerprint density at radius 1 is 0.949 bits per heavy atom. The largest absolute Gasteiger partial charge is 0.495 e. The van der Waals surface area contributed by atoms with Crippen LogP contribution in [0.2, 0.25) is 0 Å². The maximum atomic E-state index is 14.0. The van der Waals surface area contributed by atoms with Crippen molar-refractivity contribution in [3.63, 3.8) is 0 Å². The summed E-state index contributed by atoms with van der Waals surface area (Å²) in [5.74, 6) is -0.432. The molecule has 0 aliphatic heterocycles. The Labute approximate surface area is 231 Å². The van der Waals surface area contributed by atoms with Crippen LogP contribution in [0.1, 0.15) is 31.4 Å². The number of methoxy groups -OCH3 is 1. The molecule has 3 aromatic carbocycles. The molecule has 0 heterocycles. The molecule has 1 N–H and O–H groups in total. The molecule has 0 saturated carbocycles. The van der Waals surface area contributed by atoms with E-state index in [9.17, 15) is 18.0 Å². The average Bonchev–Trinajstić information content (AvgIpc) is 2.94. The van der Waals surface area contributed by atoms with E-state index in [0.717, 1.165) is 15.4 Å². The molecule has 1 atom stereocenters. The summed E-state index contributed by atoms with van der Waals surface area (Å²) in [7, 11) is -2.70. The van der Waals surface area contributed by atoms with Crippen molar-refractivity contribution in [2.24, 2.45) is 0 Å². The highest BCUT2D eigenvalue weighted by Gasteiger charge is 2.34. The minimum atomic E-state index is -4.16. The topological polar surface area (TPSA) is 96.0 Å². The molecule has 0 aliphatic rings. The molecule has 0 aromatic heterocycles. The zero-order valence-electron chi connectivity index (χ0n) is 23.0. The molecule has 0 aliphatic carbocycles. The first-order valence-corrected chi connectivity index (χ1v) is 14.5. The smallest absolute Gasteiger partial charge is 0.264 e. The van der Waals surface area contributed by atoms with Crippen LogP contribution in [0.3, 0.4) is 0 Å². The van der Waals surface area contributed by atoms with E-state index in [0.29, 0.717) is 25.1 Å². The molecule has 8 nitrogen and oxygen atoms in total. The van der Waals surface area contributed by atoms with Crippen molar-refractivity contribution in [3.8, 4) is 5.75 Å². The highest BCUT2D eigenvalue weighted by molar-refractivity contribution is 7.92. The maximum absolute atomic E-state index is 14.0. The summed E-state index contributed by atoms with van der Waals surface area (Å²) in [4.78, 5) is 28.6.